The van der Waals surface area contributed by atoms with Gasteiger partial charge in [-0.3, -0.25) is 0 Å². The highest BCUT2D eigenvalue weighted by Gasteiger charge is 2.28. The highest BCUT2D eigenvalue weighted by atomic mass is 19.1. The van der Waals surface area contributed by atoms with E-state index in [1.165, 1.54) is 6.07 Å². The molecule has 1 heterocycles. The molecular formula is C15H23FN2. The van der Waals surface area contributed by atoms with Gasteiger partial charge in [0.2, 0.25) is 0 Å². The van der Waals surface area contributed by atoms with Crippen molar-refractivity contribution < 1.29 is 4.39 Å². The van der Waals surface area contributed by atoms with Crippen LogP contribution < -0.4 is 5.32 Å². The Bertz CT molecular complexity index is 409. The van der Waals surface area contributed by atoms with Crippen molar-refractivity contribution in [3.05, 3.63) is 35.1 Å². The minimum atomic E-state index is -0.147. The maximum atomic E-state index is 13.2. The number of nitrogens with one attached hydrogen (secondary N) is 1. The molecule has 100 valence electrons. The summed E-state index contributed by atoms with van der Waals surface area (Å²) in [5.41, 5.74) is 2.40. The molecule has 1 N–H and O–H groups in total. The summed E-state index contributed by atoms with van der Waals surface area (Å²) in [5.74, 6) is -0.147. The second-order valence-corrected chi connectivity index (χ2v) is 5.79. The molecule has 0 unspecified atom stereocenters. The zero-order valence-corrected chi connectivity index (χ0v) is 11.6. The van der Waals surface area contributed by atoms with Crippen molar-refractivity contribution in [2.24, 2.45) is 0 Å². The summed E-state index contributed by atoms with van der Waals surface area (Å²) < 4.78 is 13.2. The van der Waals surface area contributed by atoms with E-state index in [2.05, 4.69) is 24.2 Å². The molecule has 1 fully saturated rings. The Hall–Kier alpha value is -0.930. The van der Waals surface area contributed by atoms with Crippen LogP contribution in [0.5, 0.6) is 0 Å². The van der Waals surface area contributed by atoms with E-state index in [4.69, 9.17) is 0 Å². The normalized spacial score (nSPS) is 20.0. The molecule has 18 heavy (non-hydrogen) atoms. The number of hydrogen-bond donors (Lipinski definition) is 1. The van der Waals surface area contributed by atoms with Crippen LogP contribution in [0.15, 0.2) is 18.2 Å². The average Bonchev–Trinajstić information content (AvgIpc) is 2.35. The summed E-state index contributed by atoms with van der Waals surface area (Å²) in [6.45, 7) is 7.32. The van der Waals surface area contributed by atoms with E-state index in [1.807, 2.05) is 13.0 Å². The lowest BCUT2D eigenvalue weighted by Gasteiger charge is -2.39. The Morgan fingerprint density at radius 2 is 2.00 bits per heavy atom. The lowest BCUT2D eigenvalue weighted by Crippen LogP contribution is -2.50. The molecule has 1 aliphatic rings. The Morgan fingerprint density at radius 3 is 2.67 bits per heavy atom. The molecular weight excluding hydrogens is 227 g/mol. The number of aryl methyl sites for hydroxylation is 1. The van der Waals surface area contributed by atoms with Crippen LogP contribution in [0.3, 0.4) is 0 Å². The first-order valence-electron chi connectivity index (χ1n) is 6.67. The number of piperidine rings is 1. The third-order valence-corrected chi connectivity index (χ3v) is 4.11. The minimum Gasteiger partial charge on any atom is -0.307 e. The maximum Gasteiger partial charge on any atom is 0.123 e. The summed E-state index contributed by atoms with van der Waals surface area (Å²) in [4.78, 5) is 2.36. The van der Waals surface area contributed by atoms with Crippen molar-refractivity contribution in [3.63, 3.8) is 0 Å². The fourth-order valence-electron chi connectivity index (χ4n) is 2.43. The zero-order chi connectivity index (χ0) is 13.2. The van der Waals surface area contributed by atoms with Crippen LogP contribution in [0, 0.1) is 12.7 Å². The van der Waals surface area contributed by atoms with Gasteiger partial charge in [0.25, 0.3) is 0 Å². The number of benzene rings is 1. The molecule has 1 saturated heterocycles. The monoisotopic (exact) mass is 250 g/mol. The van der Waals surface area contributed by atoms with Crippen LogP contribution >= 0.6 is 0 Å². The van der Waals surface area contributed by atoms with E-state index >= 15 is 0 Å². The van der Waals surface area contributed by atoms with E-state index in [-0.39, 0.29) is 11.4 Å². The Morgan fingerprint density at radius 1 is 1.33 bits per heavy atom. The smallest absolute Gasteiger partial charge is 0.123 e. The first-order chi connectivity index (χ1) is 8.48. The van der Waals surface area contributed by atoms with Gasteiger partial charge in [0, 0.05) is 12.1 Å². The fourth-order valence-corrected chi connectivity index (χ4v) is 2.43. The van der Waals surface area contributed by atoms with Crippen molar-refractivity contribution in [2.75, 3.05) is 20.1 Å². The summed E-state index contributed by atoms with van der Waals surface area (Å²) in [7, 11) is 2.16. The highest BCUT2D eigenvalue weighted by Crippen LogP contribution is 2.22. The molecule has 1 aromatic carbocycles. The number of likely N-dealkylation sites (tertiary alicyclic amines) is 1. The van der Waals surface area contributed by atoms with Gasteiger partial charge in [-0.25, -0.2) is 4.39 Å². The maximum absolute atomic E-state index is 13.2. The van der Waals surface area contributed by atoms with Crippen molar-refractivity contribution in [3.8, 4) is 0 Å². The number of hydrogen-bond acceptors (Lipinski definition) is 2. The van der Waals surface area contributed by atoms with Crippen LogP contribution in [0.2, 0.25) is 0 Å². The molecule has 2 nitrogen and oxygen atoms in total. The topological polar surface area (TPSA) is 15.3 Å². The molecule has 0 aromatic heterocycles. The molecule has 0 saturated carbocycles. The van der Waals surface area contributed by atoms with Crippen LogP contribution in [0.1, 0.15) is 30.9 Å². The lowest BCUT2D eigenvalue weighted by atomic mass is 9.89. The van der Waals surface area contributed by atoms with Gasteiger partial charge in [0.15, 0.2) is 0 Å². The molecule has 1 aliphatic heterocycles. The van der Waals surface area contributed by atoms with E-state index in [9.17, 15) is 4.39 Å². The largest absolute Gasteiger partial charge is 0.307 e. The molecule has 1 aromatic rings. The van der Waals surface area contributed by atoms with Crippen molar-refractivity contribution in [1.29, 1.82) is 0 Å². The van der Waals surface area contributed by atoms with Gasteiger partial charge < -0.3 is 10.2 Å². The standard InChI is InChI=1S/C15H23FN2/c1-12-4-5-14(16)10-13(12)11-17-15(2)6-8-18(3)9-7-15/h4-5,10,17H,6-9,11H2,1-3H3. The molecule has 0 bridgehead atoms. The van der Waals surface area contributed by atoms with Crippen LogP contribution in [-0.4, -0.2) is 30.6 Å². The van der Waals surface area contributed by atoms with E-state index < -0.39 is 0 Å². The van der Waals surface area contributed by atoms with Gasteiger partial charge in [0.05, 0.1) is 0 Å². The molecule has 0 spiro atoms. The van der Waals surface area contributed by atoms with Crippen LogP contribution in [0.4, 0.5) is 4.39 Å². The highest BCUT2D eigenvalue weighted by molar-refractivity contribution is 5.26. The van der Waals surface area contributed by atoms with Crippen LogP contribution in [0.25, 0.3) is 0 Å². The Labute approximate surface area is 109 Å². The first kappa shape index (κ1) is 13.5. The number of rotatable bonds is 3. The number of halogens is 1. The van der Waals surface area contributed by atoms with E-state index in [0.717, 1.165) is 43.6 Å². The summed E-state index contributed by atoms with van der Waals surface area (Å²) in [6, 6.07) is 5.01. The summed E-state index contributed by atoms with van der Waals surface area (Å²) in [5, 5.41) is 3.61. The minimum absolute atomic E-state index is 0.147. The van der Waals surface area contributed by atoms with Gasteiger partial charge in [-0.05, 0) is 70.1 Å². The first-order valence-corrected chi connectivity index (χ1v) is 6.67. The van der Waals surface area contributed by atoms with Crippen molar-refractivity contribution in [2.45, 2.75) is 38.8 Å². The van der Waals surface area contributed by atoms with Crippen molar-refractivity contribution in [1.82, 2.24) is 10.2 Å². The molecule has 3 heteroatoms. The van der Waals surface area contributed by atoms with Gasteiger partial charge in [0.1, 0.15) is 5.82 Å². The molecule has 0 atom stereocenters. The number of nitrogens with zero attached hydrogens (tertiary/aromatic N) is 1. The van der Waals surface area contributed by atoms with E-state index in [1.54, 1.807) is 6.07 Å². The SMILES string of the molecule is Cc1ccc(F)cc1CNC1(C)CCN(C)CC1. The summed E-state index contributed by atoms with van der Waals surface area (Å²) >= 11 is 0. The second kappa shape index (κ2) is 5.37. The average molecular weight is 250 g/mol. The van der Waals surface area contributed by atoms with Gasteiger partial charge in [-0.15, -0.1) is 0 Å². The lowest BCUT2D eigenvalue weighted by molar-refractivity contribution is 0.169. The third kappa shape index (κ3) is 3.30. The van der Waals surface area contributed by atoms with Crippen LogP contribution in [-0.2, 0) is 6.54 Å². The van der Waals surface area contributed by atoms with Gasteiger partial charge in [-0.2, -0.15) is 0 Å². The molecule has 0 radical (unpaired) electrons. The second-order valence-electron chi connectivity index (χ2n) is 5.79. The molecule has 2 rings (SSSR count). The zero-order valence-electron chi connectivity index (χ0n) is 11.6. The Balaban J connectivity index is 1.96. The van der Waals surface area contributed by atoms with Crippen molar-refractivity contribution >= 4 is 0 Å². The quantitative estimate of drug-likeness (QED) is 0.887. The summed E-state index contributed by atoms with van der Waals surface area (Å²) in [6.07, 6.45) is 2.30. The van der Waals surface area contributed by atoms with Gasteiger partial charge >= 0.3 is 0 Å². The molecule has 0 aliphatic carbocycles. The van der Waals surface area contributed by atoms with E-state index in [0.29, 0.717) is 0 Å². The molecule has 0 amide bonds. The van der Waals surface area contributed by atoms with Gasteiger partial charge in [-0.1, -0.05) is 6.07 Å². The fraction of sp³-hybridized carbons (Fsp3) is 0.600. The predicted molar refractivity (Wildman–Crippen MR) is 73.1 cm³/mol. The third-order valence-electron chi connectivity index (χ3n) is 4.11. The predicted octanol–water partition coefficient (Wildman–Crippen LogP) is 2.71. The Kier molecular flexibility index (Phi) is 4.03.